The number of pyridine rings is 1. The second kappa shape index (κ2) is 4.60. The lowest BCUT2D eigenvalue weighted by molar-refractivity contribution is 0.281. The molecule has 1 N–H and O–H groups in total. The fourth-order valence-corrected chi connectivity index (χ4v) is 1.61. The molecule has 1 aromatic carbocycles. The molecule has 1 heterocycles. The van der Waals surface area contributed by atoms with E-state index in [0.29, 0.717) is 16.7 Å². The van der Waals surface area contributed by atoms with Gasteiger partial charge in [0, 0.05) is 22.9 Å². The van der Waals surface area contributed by atoms with Crippen molar-refractivity contribution in [2.75, 3.05) is 0 Å². The molecule has 2 aromatic rings. The Morgan fingerprint density at radius 1 is 1.31 bits per heavy atom. The Balaban J connectivity index is 2.53. The molecule has 0 bridgehead atoms. The molecule has 4 heteroatoms. The molecule has 0 aliphatic heterocycles. The summed E-state index contributed by atoms with van der Waals surface area (Å²) >= 11 is 5.76. The third-order valence-electron chi connectivity index (χ3n) is 2.27. The Bertz CT molecular complexity index is 516. The molecule has 0 saturated carbocycles. The van der Waals surface area contributed by atoms with Gasteiger partial charge in [-0.25, -0.2) is 9.37 Å². The number of rotatable bonds is 2. The summed E-state index contributed by atoms with van der Waals surface area (Å²) in [5.74, 6) is -0.324. The van der Waals surface area contributed by atoms with Crippen LogP contribution >= 0.6 is 11.6 Å². The van der Waals surface area contributed by atoms with Crippen LogP contribution in [0.4, 0.5) is 4.39 Å². The van der Waals surface area contributed by atoms with Crippen molar-refractivity contribution in [1.82, 2.24) is 4.98 Å². The van der Waals surface area contributed by atoms with Gasteiger partial charge in [0.05, 0.1) is 6.61 Å². The molecule has 0 spiro atoms. The Hall–Kier alpha value is -1.45. The van der Waals surface area contributed by atoms with Crippen LogP contribution in [0.5, 0.6) is 0 Å². The smallest absolute Gasteiger partial charge is 0.134 e. The monoisotopic (exact) mass is 237 g/mol. The topological polar surface area (TPSA) is 33.1 Å². The molecule has 1 aromatic heterocycles. The van der Waals surface area contributed by atoms with Gasteiger partial charge in [-0.3, -0.25) is 0 Å². The van der Waals surface area contributed by atoms with Crippen LogP contribution in [0.15, 0.2) is 36.5 Å². The lowest BCUT2D eigenvalue weighted by atomic mass is 10.1. The molecule has 0 amide bonds. The second-order valence-corrected chi connectivity index (χ2v) is 3.67. The summed E-state index contributed by atoms with van der Waals surface area (Å²) < 4.78 is 13.5. The molecule has 2 rings (SSSR count). The lowest BCUT2D eigenvalue weighted by Crippen LogP contribution is -1.91. The zero-order chi connectivity index (χ0) is 11.5. The van der Waals surface area contributed by atoms with Gasteiger partial charge in [-0.15, -0.1) is 0 Å². The first-order valence-electron chi connectivity index (χ1n) is 4.72. The highest BCUT2D eigenvalue weighted by atomic mass is 35.5. The van der Waals surface area contributed by atoms with Crippen LogP contribution in [0.3, 0.4) is 0 Å². The molecule has 0 unspecified atom stereocenters. The summed E-state index contributed by atoms with van der Waals surface area (Å²) in [4.78, 5) is 3.91. The van der Waals surface area contributed by atoms with Crippen molar-refractivity contribution in [3.8, 4) is 11.1 Å². The average molecular weight is 238 g/mol. The van der Waals surface area contributed by atoms with E-state index in [-0.39, 0.29) is 17.6 Å². The van der Waals surface area contributed by atoms with Crippen molar-refractivity contribution in [2.45, 2.75) is 6.61 Å². The number of halogens is 2. The first kappa shape index (κ1) is 11.0. The molecule has 82 valence electrons. The number of hydrogen-bond acceptors (Lipinski definition) is 2. The number of aromatic nitrogens is 1. The number of hydrogen-bond donors (Lipinski definition) is 1. The van der Waals surface area contributed by atoms with E-state index < -0.39 is 0 Å². The normalized spacial score (nSPS) is 10.4. The summed E-state index contributed by atoms with van der Waals surface area (Å²) in [5.41, 5.74) is 1.54. The number of aliphatic hydroxyl groups is 1. The summed E-state index contributed by atoms with van der Waals surface area (Å²) in [5, 5.41) is 9.28. The van der Waals surface area contributed by atoms with Gasteiger partial charge in [0.1, 0.15) is 11.0 Å². The van der Waals surface area contributed by atoms with Crippen molar-refractivity contribution in [2.24, 2.45) is 0 Å². The summed E-state index contributed by atoms with van der Waals surface area (Å²) in [6.07, 6.45) is 1.49. The predicted molar refractivity (Wildman–Crippen MR) is 60.6 cm³/mol. The molecular weight excluding hydrogens is 229 g/mol. The molecule has 0 saturated heterocycles. The SMILES string of the molecule is OCc1cc(-c2ccccc2F)cnc1Cl. The van der Waals surface area contributed by atoms with Crippen molar-refractivity contribution >= 4 is 11.6 Å². The van der Waals surface area contributed by atoms with E-state index in [4.69, 9.17) is 16.7 Å². The summed E-state index contributed by atoms with van der Waals surface area (Å²) in [6.45, 7) is -0.214. The number of nitrogens with zero attached hydrogens (tertiary/aromatic N) is 1. The Morgan fingerprint density at radius 2 is 2.06 bits per heavy atom. The van der Waals surface area contributed by atoms with E-state index in [2.05, 4.69) is 4.98 Å². The van der Waals surface area contributed by atoms with Crippen LogP contribution in [-0.4, -0.2) is 10.1 Å². The molecule has 2 nitrogen and oxygen atoms in total. The van der Waals surface area contributed by atoms with Gasteiger partial charge < -0.3 is 5.11 Å². The van der Waals surface area contributed by atoms with E-state index in [9.17, 15) is 4.39 Å². The fourth-order valence-electron chi connectivity index (χ4n) is 1.45. The zero-order valence-electron chi connectivity index (χ0n) is 8.32. The minimum atomic E-state index is -0.324. The first-order valence-corrected chi connectivity index (χ1v) is 5.10. The quantitative estimate of drug-likeness (QED) is 0.815. The average Bonchev–Trinajstić information content (AvgIpc) is 2.31. The molecule has 16 heavy (non-hydrogen) atoms. The molecule has 0 fully saturated rings. The van der Waals surface area contributed by atoms with Crippen LogP contribution in [0.1, 0.15) is 5.56 Å². The van der Waals surface area contributed by atoms with Gasteiger partial charge in [0.15, 0.2) is 0 Å². The Kier molecular flexibility index (Phi) is 3.17. The minimum Gasteiger partial charge on any atom is -0.392 e. The highest BCUT2D eigenvalue weighted by Crippen LogP contribution is 2.25. The van der Waals surface area contributed by atoms with Crippen LogP contribution in [0.2, 0.25) is 5.15 Å². The van der Waals surface area contributed by atoms with Gasteiger partial charge in [-0.1, -0.05) is 29.8 Å². The fraction of sp³-hybridized carbons (Fsp3) is 0.0833. The van der Waals surface area contributed by atoms with Crippen molar-refractivity contribution < 1.29 is 9.50 Å². The predicted octanol–water partition coefficient (Wildman–Crippen LogP) is 3.03. The van der Waals surface area contributed by atoms with Crippen molar-refractivity contribution in [3.05, 3.63) is 53.1 Å². The minimum absolute atomic E-state index is 0.214. The van der Waals surface area contributed by atoms with E-state index in [1.54, 1.807) is 24.3 Å². The highest BCUT2D eigenvalue weighted by Gasteiger charge is 2.07. The van der Waals surface area contributed by atoms with Crippen LogP contribution in [-0.2, 0) is 6.61 Å². The summed E-state index contributed by atoms with van der Waals surface area (Å²) in [6, 6.07) is 8.03. The van der Waals surface area contributed by atoms with Gasteiger partial charge in [0.2, 0.25) is 0 Å². The third kappa shape index (κ3) is 2.05. The molecule has 0 aliphatic carbocycles. The van der Waals surface area contributed by atoms with Crippen molar-refractivity contribution in [3.63, 3.8) is 0 Å². The molecule has 0 aliphatic rings. The maximum absolute atomic E-state index is 13.5. The Labute approximate surface area is 97.3 Å². The molecule has 0 atom stereocenters. The van der Waals surface area contributed by atoms with Gasteiger partial charge in [0.25, 0.3) is 0 Å². The highest BCUT2D eigenvalue weighted by molar-refractivity contribution is 6.30. The lowest BCUT2D eigenvalue weighted by Gasteiger charge is -2.05. The first-order chi connectivity index (χ1) is 7.72. The summed E-state index contributed by atoms with van der Waals surface area (Å²) in [7, 11) is 0. The second-order valence-electron chi connectivity index (χ2n) is 3.31. The maximum atomic E-state index is 13.5. The van der Waals surface area contributed by atoms with Crippen LogP contribution < -0.4 is 0 Å². The largest absolute Gasteiger partial charge is 0.392 e. The maximum Gasteiger partial charge on any atom is 0.134 e. The van der Waals surface area contributed by atoms with Crippen LogP contribution in [0.25, 0.3) is 11.1 Å². The number of benzene rings is 1. The van der Waals surface area contributed by atoms with E-state index in [0.717, 1.165) is 0 Å². The van der Waals surface area contributed by atoms with E-state index in [1.807, 2.05) is 0 Å². The van der Waals surface area contributed by atoms with E-state index in [1.165, 1.54) is 12.3 Å². The van der Waals surface area contributed by atoms with Gasteiger partial charge >= 0.3 is 0 Å². The van der Waals surface area contributed by atoms with Crippen molar-refractivity contribution in [1.29, 1.82) is 0 Å². The Morgan fingerprint density at radius 3 is 2.75 bits per heavy atom. The molecule has 0 radical (unpaired) electrons. The van der Waals surface area contributed by atoms with Gasteiger partial charge in [-0.2, -0.15) is 0 Å². The molecular formula is C12H9ClFNO. The van der Waals surface area contributed by atoms with Crippen LogP contribution in [0, 0.1) is 5.82 Å². The number of aliphatic hydroxyl groups excluding tert-OH is 1. The zero-order valence-corrected chi connectivity index (χ0v) is 9.08. The standard InChI is InChI=1S/C12H9ClFNO/c13-12-9(7-16)5-8(6-15-12)10-3-1-2-4-11(10)14/h1-6,16H,7H2. The third-order valence-corrected chi connectivity index (χ3v) is 2.61. The van der Waals surface area contributed by atoms with E-state index >= 15 is 0 Å². The van der Waals surface area contributed by atoms with Gasteiger partial charge in [-0.05, 0) is 12.1 Å².